The van der Waals surface area contributed by atoms with Crippen LogP contribution in [0.1, 0.15) is 28.9 Å². The third-order valence-corrected chi connectivity index (χ3v) is 3.93. The van der Waals surface area contributed by atoms with Gasteiger partial charge in [-0.1, -0.05) is 30.3 Å². The standard InChI is InChI=1S/C19H20N2O7/c1-12(13-7-5-4-6-8-13)20-18(22)11-28-19(23)14-9-16(26-2)17(27-3)10-15(14)21(24)25/h4-10,12H,11H2,1-3H3,(H,20,22)/t12-/m1/s1. The van der Waals surface area contributed by atoms with Gasteiger partial charge in [-0.3, -0.25) is 14.9 Å². The summed E-state index contributed by atoms with van der Waals surface area (Å²) >= 11 is 0. The molecule has 0 spiro atoms. The van der Waals surface area contributed by atoms with Crippen molar-refractivity contribution in [2.75, 3.05) is 20.8 Å². The fourth-order valence-electron chi connectivity index (χ4n) is 2.50. The zero-order valence-electron chi connectivity index (χ0n) is 15.6. The molecule has 1 N–H and O–H groups in total. The monoisotopic (exact) mass is 388 g/mol. The summed E-state index contributed by atoms with van der Waals surface area (Å²) in [4.78, 5) is 34.8. The average Bonchev–Trinajstić information content (AvgIpc) is 2.71. The third kappa shape index (κ3) is 4.97. The molecule has 0 fully saturated rings. The number of benzene rings is 2. The molecule has 0 saturated carbocycles. The summed E-state index contributed by atoms with van der Waals surface area (Å²) < 4.78 is 15.0. The molecule has 9 heteroatoms. The number of nitrogens with zero attached hydrogens (tertiary/aromatic N) is 1. The van der Waals surface area contributed by atoms with E-state index in [1.54, 1.807) is 6.92 Å². The highest BCUT2D eigenvalue weighted by Gasteiger charge is 2.26. The number of nitro groups is 1. The highest BCUT2D eigenvalue weighted by molar-refractivity contribution is 5.96. The smallest absolute Gasteiger partial charge is 0.345 e. The van der Waals surface area contributed by atoms with Crippen LogP contribution in [0.2, 0.25) is 0 Å². The van der Waals surface area contributed by atoms with Crippen molar-refractivity contribution in [3.8, 4) is 11.5 Å². The minimum absolute atomic E-state index is 0.0974. The zero-order valence-corrected chi connectivity index (χ0v) is 15.6. The summed E-state index contributed by atoms with van der Waals surface area (Å²) in [6.07, 6.45) is 0. The van der Waals surface area contributed by atoms with Crippen molar-refractivity contribution in [3.05, 3.63) is 63.7 Å². The summed E-state index contributed by atoms with van der Waals surface area (Å²) in [7, 11) is 2.65. The van der Waals surface area contributed by atoms with Crippen LogP contribution in [0, 0.1) is 10.1 Å². The van der Waals surface area contributed by atoms with Crippen LogP contribution in [0.4, 0.5) is 5.69 Å². The van der Waals surface area contributed by atoms with Gasteiger partial charge in [-0.05, 0) is 12.5 Å². The van der Waals surface area contributed by atoms with E-state index in [4.69, 9.17) is 14.2 Å². The quantitative estimate of drug-likeness (QED) is 0.420. The van der Waals surface area contributed by atoms with Gasteiger partial charge >= 0.3 is 5.97 Å². The molecule has 0 aliphatic heterocycles. The van der Waals surface area contributed by atoms with Gasteiger partial charge in [0.25, 0.3) is 11.6 Å². The Morgan fingerprint density at radius 1 is 1.11 bits per heavy atom. The molecule has 0 aliphatic rings. The topological polar surface area (TPSA) is 117 Å². The molecule has 0 heterocycles. The maximum Gasteiger partial charge on any atom is 0.345 e. The Labute approximate surface area is 161 Å². The largest absolute Gasteiger partial charge is 0.493 e. The number of carbonyl (C=O) groups excluding carboxylic acids is 2. The van der Waals surface area contributed by atoms with Gasteiger partial charge in [0.05, 0.1) is 31.3 Å². The number of carbonyl (C=O) groups is 2. The summed E-state index contributed by atoms with van der Waals surface area (Å²) in [6, 6.07) is 11.2. The Balaban J connectivity index is 2.08. The minimum atomic E-state index is -1.02. The van der Waals surface area contributed by atoms with E-state index < -0.39 is 29.1 Å². The molecular weight excluding hydrogens is 368 g/mol. The van der Waals surface area contributed by atoms with Gasteiger partial charge in [-0.2, -0.15) is 0 Å². The molecule has 0 aliphatic carbocycles. The van der Waals surface area contributed by atoms with E-state index in [9.17, 15) is 19.7 Å². The molecule has 1 amide bonds. The number of nitrogens with one attached hydrogen (secondary N) is 1. The van der Waals surface area contributed by atoms with Crippen molar-refractivity contribution in [2.24, 2.45) is 0 Å². The lowest BCUT2D eigenvalue weighted by Gasteiger charge is -2.14. The van der Waals surface area contributed by atoms with Crippen LogP contribution in [0.25, 0.3) is 0 Å². The molecule has 0 radical (unpaired) electrons. The van der Waals surface area contributed by atoms with Gasteiger partial charge in [-0.25, -0.2) is 4.79 Å². The fourth-order valence-corrected chi connectivity index (χ4v) is 2.50. The molecule has 9 nitrogen and oxygen atoms in total. The lowest BCUT2D eigenvalue weighted by atomic mass is 10.1. The number of methoxy groups -OCH3 is 2. The van der Waals surface area contributed by atoms with Crippen molar-refractivity contribution in [1.82, 2.24) is 5.32 Å². The van der Waals surface area contributed by atoms with E-state index in [0.717, 1.165) is 17.7 Å². The van der Waals surface area contributed by atoms with Crippen LogP contribution in [0.15, 0.2) is 42.5 Å². The molecule has 2 aromatic rings. The third-order valence-electron chi connectivity index (χ3n) is 3.93. The van der Waals surface area contributed by atoms with E-state index in [0.29, 0.717) is 0 Å². The number of hydrogen-bond donors (Lipinski definition) is 1. The Bertz CT molecular complexity index is 868. The fraction of sp³-hybridized carbons (Fsp3) is 0.263. The molecule has 0 saturated heterocycles. The van der Waals surface area contributed by atoms with Crippen molar-refractivity contribution >= 4 is 17.6 Å². The van der Waals surface area contributed by atoms with Crippen LogP contribution in [-0.2, 0) is 9.53 Å². The number of hydrogen-bond acceptors (Lipinski definition) is 7. The normalized spacial score (nSPS) is 11.2. The van der Waals surface area contributed by atoms with Crippen molar-refractivity contribution < 1.29 is 28.7 Å². The van der Waals surface area contributed by atoms with E-state index >= 15 is 0 Å². The molecule has 1 atom stereocenters. The van der Waals surface area contributed by atoms with Gasteiger partial charge in [0.1, 0.15) is 5.56 Å². The summed E-state index contributed by atoms with van der Waals surface area (Å²) in [5.41, 5.74) is 0.0324. The first-order valence-electron chi connectivity index (χ1n) is 8.29. The van der Waals surface area contributed by atoms with Gasteiger partial charge in [0, 0.05) is 6.07 Å². The second-order valence-corrected chi connectivity index (χ2v) is 5.76. The summed E-state index contributed by atoms with van der Waals surface area (Å²) in [6.45, 7) is 1.20. The SMILES string of the molecule is COc1cc(C(=O)OCC(=O)N[C@H](C)c2ccccc2)c([N+](=O)[O-])cc1OC. The Kier molecular flexibility index (Phi) is 6.91. The Hall–Kier alpha value is -3.62. The number of amides is 1. The molecule has 2 rings (SSSR count). The zero-order chi connectivity index (χ0) is 20.7. The first kappa shape index (κ1) is 20.7. The van der Waals surface area contributed by atoms with Crippen molar-refractivity contribution in [1.29, 1.82) is 0 Å². The van der Waals surface area contributed by atoms with Gasteiger partial charge < -0.3 is 19.5 Å². The van der Waals surface area contributed by atoms with Crippen LogP contribution >= 0.6 is 0 Å². The number of rotatable bonds is 8. The molecule has 0 unspecified atom stereocenters. The summed E-state index contributed by atoms with van der Waals surface area (Å²) in [5.74, 6) is -1.33. The Morgan fingerprint density at radius 2 is 1.71 bits per heavy atom. The second-order valence-electron chi connectivity index (χ2n) is 5.76. The van der Waals surface area contributed by atoms with Gasteiger partial charge in [0.15, 0.2) is 18.1 Å². The van der Waals surface area contributed by atoms with E-state index in [1.165, 1.54) is 14.2 Å². The van der Waals surface area contributed by atoms with Gasteiger partial charge in [0.2, 0.25) is 0 Å². The predicted octanol–water partition coefficient (Wildman–Crippen LogP) is 2.65. The van der Waals surface area contributed by atoms with E-state index in [1.807, 2.05) is 30.3 Å². The molecular formula is C19H20N2O7. The molecule has 0 bridgehead atoms. The predicted molar refractivity (Wildman–Crippen MR) is 99.5 cm³/mol. The van der Waals surface area contributed by atoms with Crippen molar-refractivity contribution in [3.63, 3.8) is 0 Å². The first-order valence-corrected chi connectivity index (χ1v) is 8.29. The Morgan fingerprint density at radius 3 is 2.29 bits per heavy atom. The number of nitro benzene ring substituents is 1. The van der Waals surface area contributed by atoms with Crippen LogP contribution in [-0.4, -0.2) is 37.6 Å². The lowest BCUT2D eigenvalue weighted by Crippen LogP contribution is -2.31. The average molecular weight is 388 g/mol. The van der Waals surface area contributed by atoms with Gasteiger partial charge in [-0.15, -0.1) is 0 Å². The molecule has 28 heavy (non-hydrogen) atoms. The number of esters is 1. The van der Waals surface area contributed by atoms with Crippen LogP contribution < -0.4 is 14.8 Å². The molecule has 0 aromatic heterocycles. The van der Waals surface area contributed by atoms with Crippen molar-refractivity contribution in [2.45, 2.75) is 13.0 Å². The van der Waals surface area contributed by atoms with Crippen LogP contribution in [0.3, 0.4) is 0 Å². The summed E-state index contributed by atoms with van der Waals surface area (Å²) in [5, 5.41) is 13.9. The van der Waals surface area contributed by atoms with E-state index in [-0.39, 0.29) is 23.1 Å². The maximum atomic E-state index is 12.3. The minimum Gasteiger partial charge on any atom is -0.493 e. The maximum absolute atomic E-state index is 12.3. The van der Waals surface area contributed by atoms with E-state index in [2.05, 4.69) is 5.32 Å². The molecule has 2 aromatic carbocycles. The highest BCUT2D eigenvalue weighted by Crippen LogP contribution is 2.34. The molecule has 148 valence electrons. The first-order chi connectivity index (χ1) is 13.4. The van der Waals surface area contributed by atoms with Crippen LogP contribution in [0.5, 0.6) is 11.5 Å². The lowest BCUT2D eigenvalue weighted by molar-refractivity contribution is -0.385. The highest BCUT2D eigenvalue weighted by atomic mass is 16.6. The number of ether oxygens (including phenoxy) is 3. The second kappa shape index (κ2) is 9.36.